The summed E-state index contributed by atoms with van der Waals surface area (Å²) in [7, 11) is 1.49. The summed E-state index contributed by atoms with van der Waals surface area (Å²) in [5, 5.41) is 0. The maximum absolute atomic E-state index is 10.1. The number of carbonyl (C=O) groups is 1. The van der Waals surface area contributed by atoms with Crippen LogP contribution in [0.5, 0.6) is 5.88 Å². The van der Waals surface area contributed by atoms with Gasteiger partial charge in [-0.15, -0.1) is 11.3 Å². The van der Waals surface area contributed by atoms with Gasteiger partial charge in [0.05, 0.1) is 12.6 Å². The smallest absolute Gasteiger partial charge is 0.235 e. The minimum absolute atomic E-state index is 0.412. The van der Waals surface area contributed by atoms with Gasteiger partial charge in [-0.2, -0.15) is 0 Å². The molecule has 0 atom stereocenters. The van der Waals surface area contributed by atoms with Crippen LogP contribution in [0.15, 0.2) is 5.51 Å². The maximum Gasteiger partial charge on any atom is 0.235 e. The lowest BCUT2D eigenvalue weighted by atomic mass is 10.6. The van der Waals surface area contributed by atoms with E-state index < -0.39 is 0 Å². The molecule has 4 heteroatoms. The van der Waals surface area contributed by atoms with Crippen molar-refractivity contribution in [3.8, 4) is 5.88 Å². The number of carbonyl (C=O) groups excluding carboxylic acids is 1. The second-order valence-corrected chi connectivity index (χ2v) is 2.23. The molecule has 0 bridgehead atoms. The zero-order chi connectivity index (χ0) is 6.69. The first-order valence-corrected chi connectivity index (χ1v) is 3.19. The topological polar surface area (TPSA) is 39.2 Å². The lowest BCUT2D eigenvalue weighted by Gasteiger charge is -1.89. The normalized spacial score (nSPS) is 9.00. The largest absolute Gasteiger partial charge is 0.480 e. The maximum atomic E-state index is 10.1. The molecule has 0 aliphatic carbocycles. The summed E-state index contributed by atoms with van der Waals surface area (Å²) >= 11 is 1.27. The lowest BCUT2D eigenvalue weighted by Crippen LogP contribution is -1.85. The Labute approximate surface area is 56.3 Å². The predicted octanol–water partition coefficient (Wildman–Crippen LogP) is 0.964. The first-order valence-electron chi connectivity index (χ1n) is 2.31. The molecule has 0 radical (unpaired) electrons. The van der Waals surface area contributed by atoms with Crippen LogP contribution in [-0.2, 0) is 0 Å². The summed E-state index contributed by atoms with van der Waals surface area (Å²) < 4.78 is 4.74. The lowest BCUT2D eigenvalue weighted by molar-refractivity contribution is 0.112. The van der Waals surface area contributed by atoms with Crippen LogP contribution in [-0.4, -0.2) is 18.4 Å². The van der Waals surface area contributed by atoms with E-state index >= 15 is 0 Å². The van der Waals surface area contributed by atoms with Gasteiger partial charge < -0.3 is 4.74 Å². The van der Waals surface area contributed by atoms with Crippen LogP contribution in [0.3, 0.4) is 0 Å². The highest BCUT2D eigenvalue weighted by molar-refractivity contribution is 7.11. The van der Waals surface area contributed by atoms with Gasteiger partial charge >= 0.3 is 0 Å². The summed E-state index contributed by atoms with van der Waals surface area (Å²) in [5.74, 6) is 0.412. The van der Waals surface area contributed by atoms with E-state index in [0.29, 0.717) is 10.8 Å². The molecule has 48 valence electrons. The van der Waals surface area contributed by atoms with Crippen LogP contribution in [0.2, 0.25) is 0 Å². The van der Waals surface area contributed by atoms with E-state index in [1.165, 1.54) is 18.4 Å². The van der Waals surface area contributed by atoms with Crippen molar-refractivity contribution >= 4 is 17.6 Å². The Balaban J connectivity index is 2.98. The Morgan fingerprint density at radius 3 is 3.11 bits per heavy atom. The van der Waals surface area contributed by atoms with Crippen molar-refractivity contribution in [2.24, 2.45) is 0 Å². The van der Waals surface area contributed by atoms with Gasteiger partial charge in [-0.3, -0.25) is 4.79 Å². The highest BCUT2D eigenvalue weighted by Crippen LogP contribution is 2.16. The van der Waals surface area contributed by atoms with Crippen molar-refractivity contribution < 1.29 is 9.53 Å². The van der Waals surface area contributed by atoms with Crippen LogP contribution in [0.25, 0.3) is 0 Å². The number of rotatable bonds is 2. The molecule has 0 fully saturated rings. The summed E-state index contributed by atoms with van der Waals surface area (Å²) in [6.45, 7) is 0. The molecule has 1 aromatic heterocycles. The molecule has 0 saturated carbocycles. The number of methoxy groups -OCH3 is 1. The number of ether oxygens (including phenoxy) is 1. The monoisotopic (exact) mass is 143 g/mol. The van der Waals surface area contributed by atoms with E-state index in [1.807, 2.05) is 0 Å². The minimum atomic E-state index is 0.412. The Kier molecular flexibility index (Phi) is 1.79. The van der Waals surface area contributed by atoms with Gasteiger partial charge in [-0.25, -0.2) is 4.98 Å². The molecule has 0 aromatic carbocycles. The number of aldehydes is 1. The Hall–Kier alpha value is -0.900. The third-order valence-electron chi connectivity index (χ3n) is 0.861. The zero-order valence-corrected chi connectivity index (χ0v) is 5.64. The third-order valence-corrected chi connectivity index (χ3v) is 1.60. The molecule has 9 heavy (non-hydrogen) atoms. The summed E-state index contributed by atoms with van der Waals surface area (Å²) in [6.07, 6.45) is 0.733. The molecule has 0 spiro atoms. The van der Waals surface area contributed by atoms with E-state index in [2.05, 4.69) is 4.98 Å². The molecule has 0 unspecified atom stereocenters. The van der Waals surface area contributed by atoms with Crippen LogP contribution < -0.4 is 4.74 Å². The van der Waals surface area contributed by atoms with Crippen molar-refractivity contribution in [1.29, 1.82) is 0 Å². The second-order valence-electron chi connectivity index (χ2n) is 1.34. The van der Waals surface area contributed by atoms with Gasteiger partial charge in [0.25, 0.3) is 0 Å². The number of nitrogens with zero attached hydrogens (tertiary/aromatic N) is 1. The van der Waals surface area contributed by atoms with Gasteiger partial charge in [-0.1, -0.05) is 0 Å². The van der Waals surface area contributed by atoms with E-state index in [9.17, 15) is 4.79 Å². The molecule has 0 amide bonds. The first kappa shape index (κ1) is 6.22. The first-order chi connectivity index (χ1) is 4.38. The average molecular weight is 143 g/mol. The molecule has 0 N–H and O–H groups in total. The Bertz CT molecular complexity index is 208. The number of aromatic nitrogens is 1. The molecule has 0 aliphatic rings. The molecule has 1 heterocycles. The number of thiazole rings is 1. The summed E-state index contributed by atoms with van der Waals surface area (Å²) in [4.78, 5) is 14.4. The average Bonchev–Trinajstić information content (AvgIpc) is 2.33. The summed E-state index contributed by atoms with van der Waals surface area (Å²) in [6, 6.07) is 0. The van der Waals surface area contributed by atoms with Gasteiger partial charge in [0.15, 0.2) is 6.29 Å². The molecule has 0 saturated heterocycles. The molecule has 3 nitrogen and oxygen atoms in total. The molecule has 0 aliphatic heterocycles. The Morgan fingerprint density at radius 1 is 1.89 bits per heavy atom. The Morgan fingerprint density at radius 2 is 2.67 bits per heavy atom. The van der Waals surface area contributed by atoms with Crippen molar-refractivity contribution in [3.63, 3.8) is 0 Å². The SMILES string of the molecule is COc1ncsc1C=O. The quantitative estimate of drug-likeness (QED) is 0.579. The minimum Gasteiger partial charge on any atom is -0.480 e. The number of hydrogen-bond donors (Lipinski definition) is 0. The van der Waals surface area contributed by atoms with Crippen molar-refractivity contribution in [2.45, 2.75) is 0 Å². The van der Waals surface area contributed by atoms with Gasteiger partial charge in [-0.05, 0) is 0 Å². The molecular formula is C5H5NO2S. The molecular weight excluding hydrogens is 138 g/mol. The summed E-state index contributed by atoms with van der Waals surface area (Å²) in [5.41, 5.74) is 1.57. The fourth-order valence-electron chi connectivity index (χ4n) is 0.477. The van der Waals surface area contributed by atoms with E-state index in [0.717, 1.165) is 6.29 Å². The standard InChI is InChI=1S/C5H5NO2S/c1-8-5-4(2-7)9-3-6-5/h2-3H,1H3. The van der Waals surface area contributed by atoms with Gasteiger partial charge in [0.2, 0.25) is 5.88 Å². The van der Waals surface area contributed by atoms with E-state index in [4.69, 9.17) is 4.74 Å². The van der Waals surface area contributed by atoms with Gasteiger partial charge in [0.1, 0.15) is 4.88 Å². The highest BCUT2D eigenvalue weighted by Gasteiger charge is 2.01. The van der Waals surface area contributed by atoms with Crippen LogP contribution in [0.1, 0.15) is 9.67 Å². The van der Waals surface area contributed by atoms with Crippen molar-refractivity contribution in [3.05, 3.63) is 10.4 Å². The van der Waals surface area contributed by atoms with Crippen molar-refractivity contribution in [1.82, 2.24) is 4.98 Å². The van der Waals surface area contributed by atoms with E-state index in [-0.39, 0.29) is 0 Å². The highest BCUT2D eigenvalue weighted by atomic mass is 32.1. The molecule has 1 aromatic rings. The predicted molar refractivity (Wildman–Crippen MR) is 34.1 cm³/mol. The second kappa shape index (κ2) is 2.59. The van der Waals surface area contributed by atoms with Crippen molar-refractivity contribution in [2.75, 3.05) is 7.11 Å². The van der Waals surface area contributed by atoms with Crippen LogP contribution >= 0.6 is 11.3 Å². The van der Waals surface area contributed by atoms with Gasteiger partial charge in [0, 0.05) is 0 Å². The van der Waals surface area contributed by atoms with Crippen LogP contribution in [0.4, 0.5) is 0 Å². The zero-order valence-electron chi connectivity index (χ0n) is 4.83. The fourth-order valence-corrected chi connectivity index (χ4v) is 1.03. The fraction of sp³-hybridized carbons (Fsp3) is 0.200. The van der Waals surface area contributed by atoms with Crippen LogP contribution in [0, 0.1) is 0 Å². The third kappa shape index (κ3) is 1.08. The molecule has 1 rings (SSSR count). The number of hydrogen-bond acceptors (Lipinski definition) is 4. The van der Waals surface area contributed by atoms with E-state index in [1.54, 1.807) is 5.51 Å².